The molecule has 1 N–H and O–H groups in total. The van der Waals surface area contributed by atoms with Crippen LogP contribution in [-0.4, -0.2) is 19.1 Å². The van der Waals surface area contributed by atoms with Crippen molar-refractivity contribution in [3.05, 3.63) is 11.6 Å². The quantitative estimate of drug-likeness (QED) is 0.414. The highest BCUT2D eigenvalue weighted by atomic mass is 16.3. The van der Waals surface area contributed by atoms with Crippen molar-refractivity contribution in [3.63, 3.8) is 0 Å². The van der Waals surface area contributed by atoms with Gasteiger partial charge in [-0.15, -0.1) is 0 Å². The average Bonchev–Trinajstić information content (AvgIpc) is 2.99. The molecule has 3 saturated carbocycles. The van der Waals surface area contributed by atoms with Gasteiger partial charge in [0.05, 0.1) is 14.0 Å². The molecule has 3 fully saturated rings. The molecule has 0 saturated heterocycles. The van der Waals surface area contributed by atoms with Crippen molar-refractivity contribution in [3.8, 4) is 0 Å². The zero-order valence-corrected chi connectivity index (χ0v) is 18.9. The Morgan fingerprint density at radius 1 is 1.11 bits per heavy atom. The highest BCUT2D eigenvalue weighted by Gasteiger charge is 2.58. The molecule has 2 radical (unpaired) electrons. The third kappa shape index (κ3) is 3.44. The van der Waals surface area contributed by atoms with Gasteiger partial charge >= 0.3 is 0 Å². The molecule has 0 aliphatic heterocycles. The monoisotopic (exact) mass is 382 g/mol. The van der Waals surface area contributed by atoms with Gasteiger partial charge in [-0.2, -0.15) is 0 Å². The maximum absolute atomic E-state index is 10.2. The van der Waals surface area contributed by atoms with E-state index in [1.54, 1.807) is 5.57 Å². The normalized spacial score (nSPS) is 46.5. The summed E-state index contributed by atoms with van der Waals surface area (Å²) in [6.45, 7) is 9.72. The molecule has 0 spiro atoms. The Bertz CT molecular complexity index is 597. The second-order valence-corrected chi connectivity index (χ2v) is 11.8. The van der Waals surface area contributed by atoms with Gasteiger partial charge in [-0.1, -0.05) is 63.9 Å². The van der Waals surface area contributed by atoms with E-state index in [2.05, 4.69) is 33.8 Å². The second-order valence-electron chi connectivity index (χ2n) is 11.8. The summed E-state index contributed by atoms with van der Waals surface area (Å²) in [7, 11) is 6.32. The molecule has 8 atom stereocenters. The van der Waals surface area contributed by atoms with Gasteiger partial charge < -0.3 is 5.11 Å². The second kappa shape index (κ2) is 7.79. The predicted octanol–water partition coefficient (Wildman–Crippen LogP) is 6.71. The van der Waals surface area contributed by atoms with Crippen LogP contribution in [0.25, 0.3) is 0 Å². The van der Waals surface area contributed by atoms with E-state index in [-0.39, 0.29) is 6.10 Å². The first-order valence-corrected chi connectivity index (χ1v) is 12.4. The van der Waals surface area contributed by atoms with E-state index in [1.165, 1.54) is 57.8 Å². The van der Waals surface area contributed by atoms with E-state index >= 15 is 0 Å². The van der Waals surface area contributed by atoms with Gasteiger partial charge in [-0.3, -0.25) is 0 Å². The van der Waals surface area contributed by atoms with Crippen molar-refractivity contribution in [1.82, 2.24) is 0 Å². The lowest BCUT2D eigenvalue weighted by Gasteiger charge is -2.58. The van der Waals surface area contributed by atoms with Crippen molar-refractivity contribution in [2.24, 2.45) is 40.4 Å². The minimum absolute atomic E-state index is 0.0854. The Labute approximate surface area is 175 Å². The smallest absolute Gasteiger partial charge is 0.0703 e. The van der Waals surface area contributed by atoms with Crippen molar-refractivity contribution >= 4 is 7.85 Å². The summed E-state index contributed by atoms with van der Waals surface area (Å²) in [6.07, 6.45) is 16.6. The summed E-state index contributed by atoms with van der Waals surface area (Å²) >= 11 is 0. The average molecular weight is 382 g/mol. The third-order valence-electron chi connectivity index (χ3n) is 10.2. The van der Waals surface area contributed by atoms with Crippen LogP contribution in [0.3, 0.4) is 0 Å². The van der Waals surface area contributed by atoms with Crippen LogP contribution in [0.5, 0.6) is 0 Å². The van der Waals surface area contributed by atoms with Crippen molar-refractivity contribution in [1.29, 1.82) is 0 Å². The lowest BCUT2D eigenvalue weighted by Crippen LogP contribution is -2.50. The molecule has 7 unspecified atom stereocenters. The number of allylic oxidation sites excluding steroid dienone is 1. The third-order valence-corrected chi connectivity index (χ3v) is 10.2. The fraction of sp³-hybridized carbons (Fsp3) is 0.923. The highest BCUT2D eigenvalue weighted by molar-refractivity contribution is 6.11. The van der Waals surface area contributed by atoms with Gasteiger partial charge in [0.1, 0.15) is 0 Å². The van der Waals surface area contributed by atoms with Crippen LogP contribution in [0.4, 0.5) is 0 Å². The first-order chi connectivity index (χ1) is 13.3. The molecule has 0 aromatic rings. The van der Waals surface area contributed by atoms with Crippen molar-refractivity contribution < 1.29 is 5.11 Å². The van der Waals surface area contributed by atoms with Gasteiger partial charge in [0.15, 0.2) is 0 Å². The molecule has 4 aliphatic carbocycles. The topological polar surface area (TPSA) is 20.2 Å². The first-order valence-electron chi connectivity index (χ1n) is 12.4. The number of fused-ring (bicyclic) bond motifs is 5. The molecule has 4 rings (SSSR count). The Hall–Kier alpha value is -0.235. The Morgan fingerprint density at radius 2 is 1.89 bits per heavy atom. The number of hydrogen-bond acceptors (Lipinski definition) is 1. The molecule has 156 valence electrons. The standard InChI is InChI=1S/C26H43BO/c1-17(2)24(27)7-5-6-18-9-11-22-21-10-8-19-16-20(28)12-14-26(19,4)23(21)13-15-25(18,22)3/h8,17-18,20-24,28H,5-7,9-16H2,1-4H3/t18-,20?,21?,22?,23?,24?,25?,26?/m0/s1. The Kier molecular flexibility index (Phi) is 5.84. The Morgan fingerprint density at radius 3 is 2.64 bits per heavy atom. The van der Waals surface area contributed by atoms with Crippen LogP contribution in [0.15, 0.2) is 11.6 Å². The molecule has 4 aliphatic rings. The summed E-state index contributed by atoms with van der Waals surface area (Å²) < 4.78 is 0. The highest BCUT2D eigenvalue weighted by Crippen LogP contribution is 2.66. The number of hydrogen-bond donors (Lipinski definition) is 1. The minimum Gasteiger partial charge on any atom is -0.393 e. The summed E-state index contributed by atoms with van der Waals surface area (Å²) in [5.74, 6) is 4.60. The van der Waals surface area contributed by atoms with E-state index in [4.69, 9.17) is 7.85 Å². The lowest BCUT2D eigenvalue weighted by atomic mass is 9.47. The first kappa shape index (κ1) is 21.0. The van der Waals surface area contributed by atoms with Gasteiger partial charge in [0.2, 0.25) is 0 Å². The molecule has 2 heteroatoms. The molecule has 0 amide bonds. The molecule has 0 aromatic heterocycles. The molecule has 0 heterocycles. The van der Waals surface area contributed by atoms with Crippen LogP contribution >= 0.6 is 0 Å². The molecule has 1 nitrogen and oxygen atoms in total. The van der Waals surface area contributed by atoms with E-state index in [0.717, 1.165) is 36.5 Å². The molecular weight excluding hydrogens is 339 g/mol. The number of rotatable bonds is 5. The summed E-state index contributed by atoms with van der Waals surface area (Å²) in [6, 6.07) is 0. The number of aliphatic hydroxyl groups is 1. The van der Waals surface area contributed by atoms with Crippen LogP contribution in [-0.2, 0) is 0 Å². The number of aliphatic hydroxyl groups excluding tert-OH is 1. The van der Waals surface area contributed by atoms with E-state index < -0.39 is 0 Å². The summed E-state index contributed by atoms with van der Waals surface area (Å²) in [5.41, 5.74) is 2.55. The zero-order valence-electron chi connectivity index (χ0n) is 18.9. The van der Waals surface area contributed by atoms with Crippen LogP contribution < -0.4 is 0 Å². The zero-order chi connectivity index (χ0) is 20.1. The maximum atomic E-state index is 10.2. The molecular formula is C26H43BO. The Balaban J connectivity index is 1.45. The fourth-order valence-corrected chi connectivity index (χ4v) is 8.16. The minimum atomic E-state index is -0.0854. The van der Waals surface area contributed by atoms with Crippen molar-refractivity contribution in [2.45, 2.75) is 110 Å². The lowest BCUT2D eigenvalue weighted by molar-refractivity contribution is -0.0508. The molecule has 28 heavy (non-hydrogen) atoms. The summed E-state index contributed by atoms with van der Waals surface area (Å²) in [5, 5.41) is 10.2. The molecule has 0 aromatic carbocycles. The van der Waals surface area contributed by atoms with Gasteiger partial charge in [0.25, 0.3) is 0 Å². The fourth-order valence-electron chi connectivity index (χ4n) is 8.16. The van der Waals surface area contributed by atoms with Gasteiger partial charge in [0, 0.05) is 0 Å². The van der Waals surface area contributed by atoms with Gasteiger partial charge in [-0.05, 0) is 92.3 Å². The van der Waals surface area contributed by atoms with Crippen molar-refractivity contribution in [2.75, 3.05) is 0 Å². The SMILES string of the molecule is [B]C(CCC[C@H]1CCC2C3CC=C4CC(O)CCC4(C)C3CCC21C)C(C)C. The largest absolute Gasteiger partial charge is 0.393 e. The van der Waals surface area contributed by atoms with Gasteiger partial charge in [-0.25, -0.2) is 0 Å². The van der Waals surface area contributed by atoms with E-state index in [1.807, 2.05) is 0 Å². The summed E-state index contributed by atoms with van der Waals surface area (Å²) in [4.78, 5) is 0. The van der Waals surface area contributed by atoms with Crippen LogP contribution in [0.2, 0.25) is 5.82 Å². The predicted molar refractivity (Wildman–Crippen MR) is 119 cm³/mol. The van der Waals surface area contributed by atoms with E-state index in [0.29, 0.717) is 22.6 Å². The van der Waals surface area contributed by atoms with Crippen LogP contribution in [0, 0.1) is 40.4 Å². The molecule has 0 bridgehead atoms. The van der Waals surface area contributed by atoms with E-state index in [9.17, 15) is 5.11 Å². The van der Waals surface area contributed by atoms with Crippen LogP contribution in [0.1, 0.15) is 98.3 Å². The maximum Gasteiger partial charge on any atom is 0.0703 e.